The molecule has 2 fully saturated rings. The van der Waals surface area contributed by atoms with Crippen molar-refractivity contribution in [1.29, 1.82) is 0 Å². The largest absolute Gasteiger partial charge is 0.321 e. The Bertz CT molecular complexity index is 1300. The molecule has 2 amide bonds. The number of carbonyl (C=O) groups is 2. The van der Waals surface area contributed by atoms with Crippen LogP contribution < -0.4 is 26.4 Å². The van der Waals surface area contributed by atoms with Crippen molar-refractivity contribution in [2.45, 2.75) is 33.2 Å². The van der Waals surface area contributed by atoms with Crippen LogP contribution >= 0.6 is 0 Å². The van der Waals surface area contributed by atoms with Crippen LogP contribution in [0.1, 0.15) is 33.5 Å². The fourth-order valence-electron chi connectivity index (χ4n) is 4.52. The van der Waals surface area contributed by atoms with Crippen LogP contribution in [0, 0.1) is 38.3 Å². The molecule has 3 aromatic rings. The Hall–Kier alpha value is -3.83. The molecule has 0 saturated carbocycles. The predicted octanol–water partition coefficient (Wildman–Crippen LogP) is 2.48. The normalized spacial score (nSPS) is 21.6. The molecule has 9 nitrogen and oxygen atoms in total. The zero-order chi connectivity index (χ0) is 24.9. The van der Waals surface area contributed by atoms with Gasteiger partial charge in [-0.05, 0) is 50.1 Å². The molecular weight excluding hydrogens is 456 g/mol. The van der Waals surface area contributed by atoms with Crippen molar-refractivity contribution in [2.24, 2.45) is 5.92 Å². The molecule has 3 atom stereocenters. The Kier molecular flexibility index (Phi) is 5.73. The Morgan fingerprint density at radius 3 is 2.57 bits per heavy atom. The van der Waals surface area contributed by atoms with Gasteiger partial charge in [0.25, 0.3) is 5.91 Å². The summed E-state index contributed by atoms with van der Waals surface area (Å²) in [7, 11) is 0. The second-order valence-electron chi connectivity index (χ2n) is 8.75. The van der Waals surface area contributed by atoms with Gasteiger partial charge in [-0.25, -0.2) is 18.9 Å². The third-order valence-electron chi connectivity index (χ3n) is 6.45. The summed E-state index contributed by atoms with van der Waals surface area (Å²) in [5.74, 6) is -3.29. The van der Waals surface area contributed by atoms with Gasteiger partial charge in [0.15, 0.2) is 6.29 Å². The average molecular weight is 482 g/mol. The van der Waals surface area contributed by atoms with Crippen molar-refractivity contribution in [3.05, 3.63) is 76.5 Å². The SMILES string of the molecule is Cc1cc(NC(=O)c2c(F)cccc2F)n(C2NC(=O)C3CNN(c4cccc(C)c4C)C3N2)n1. The third-order valence-corrected chi connectivity index (χ3v) is 6.45. The molecule has 3 unspecified atom stereocenters. The lowest BCUT2D eigenvalue weighted by Gasteiger charge is -2.38. The number of benzene rings is 2. The highest BCUT2D eigenvalue weighted by Crippen LogP contribution is 2.31. The van der Waals surface area contributed by atoms with Crippen molar-refractivity contribution in [3.8, 4) is 0 Å². The standard InChI is InChI=1S/C24H25F2N7O2/c1-12-6-4-9-18(14(12)3)32-21-15(11-27-32)22(34)30-24(29-21)33-19(10-13(2)31-33)28-23(35)20-16(25)7-5-8-17(20)26/h4-10,15,21,24,27,29H,11H2,1-3H3,(H,28,35)(H,30,34). The van der Waals surface area contributed by atoms with E-state index in [1.807, 2.05) is 37.1 Å². The molecule has 2 saturated heterocycles. The first-order valence-corrected chi connectivity index (χ1v) is 11.2. The monoisotopic (exact) mass is 481 g/mol. The van der Waals surface area contributed by atoms with Gasteiger partial charge in [-0.2, -0.15) is 5.10 Å². The molecule has 0 bridgehead atoms. The zero-order valence-electron chi connectivity index (χ0n) is 19.4. The van der Waals surface area contributed by atoms with Gasteiger partial charge in [0, 0.05) is 12.6 Å². The summed E-state index contributed by atoms with van der Waals surface area (Å²) in [6.45, 7) is 6.20. The number of aromatic nitrogens is 2. The second-order valence-corrected chi connectivity index (χ2v) is 8.75. The molecule has 5 rings (SSSR count). The lowest BCUT2D eigenvalue weighted by atomic mass is 10.0. The van der Waals surface area contributed by atoms with Crippen molar-refractivity contribution >= 4 is 23.3 Å². The van der Waals surface area contributed by atoms with Gasteiger partial charge in [-0.15, -0.1) is 0 Å². The van der Waals surface area contributed by atoms with Gasteiger partial charge in [0.1, 0.15) is 29.2 Å². The van der Waals surface area contributed by atoms with E-state index < -0.39 is 35.6 Å². The van der Waals surface area contributed by atoms with Gasteiger partial charge in [-0.1, -0.05) is 18.2 Å². The number of carbonyl (C=O) groups excluding carboxylic acids is 2. The van der Waals surface area contributed by atoms with E-state index in [2.05, 4.69) is 26.5 Å². The van der Waals surface area contributed by atoms with E-state index >= 15 is 0 Å². The molecule has 1 aromatic heterocycles. The van der Waals surface area contributed by atoms with Crippen molar-refractivity contribution in [2.75, 3.05) is 16.9 Å². The van der Waals surface area contributed by atoms with Crippen LogP contribution in [0.3, 0.4) is 0 Å². The molecule has 4 N–H and O–H groups in total. The van der Waals surface area contributed by atoms with Crippen LogP contribution in [0.25, 0.3) is 0 Å². The number of hydrogen-bond donors (Lipinski definition) is 4. The molecule has 35 heavy (non-hydrogen) atoms. The summed E-state index contributed by atoms with van der Waals surface area (Å²) in [5, 5.41) is 15.1. The number of hydrogen-bond acceptors (Lipinski definition) is 6. The minimum Gasteiger partial charge on any atom is -0.321 e. The summed E-state index contributed by atoms with van der Waals surface area (Å²) in [6, 6.07) is 10.7. The highest BCUT2D eigenvalue weighted by atomic mass is 19.1. The van der Waals surface area contributed by atoms with E-state index in [9.17, 15) is 18.4 Å². The molecule has 3 heterocycles. The number of halogens is 2. The maximum absolute atomic E-state index is 14.1. The van der Waals surface area contributed by atoms with Gasteiger partial charge in [-0.3, -0.25) is 19.9 Å². The zero-order valence-corrected chi connectivity index (χ0v) is 19.4. The first kappa shape index (κ1) is 22.9. The van der Waals surface area contributed by atoms with E-state index in [1.54, 1.807) is 13.0 Å². The summed E-state index contributed by atoms with van der Waals surface area (Å²) in [4.78, 5) is 25.7. The summed E-state index contributed by atoms with van der Waals surface area (Å²) >= 11 is 0. The Labute approximate surface area is 200 Å². The third kappa shape index (κ3) is 4.02. The molecule has 182 valence electrons. The van der Waals surface area contributed by atoms with Gasteiger partial charge in [0.2, 0.25) is 5.91 Å². The van der Waals surface area contributed by atoms with Crippen molar-refractivity contribution < 1.29 is 18.4 Å². The number of aryl methyl sites for hydroxylation is 2. The molecule has 2 aliphatic heterocycles. The molecule has 2 aromatic carbocycles. The van der Waals surface area contributed by atoms with Crippen LogP contribution in [0.4, 0.5) is 20.3 Å². The van der Waals surface area contributed by atoms with Crippen molar-refractivity contribution in [3.63, 3.8) is 0 Å². The number of rotatable bonds is 4. The number of fused-ring (bicyclic) bond motifs is 1. The first-order valence-electron chi connectivity index (χ1n) is 11.2. The minimum absolute atomic E-state index is 0.177. The fraction of sp³-hybridized carbons (Fsp3) is 0.292. The number of nitrogens with one attached hydrogen (secondary N) is 4. The Morgan fingerprint density at radius 1 is 1.11 bits per heavy atom. The molecule has 0 spiro atoms. The number of anilines is 2. The average Bonchev–Trinajstić information content (AvgIpc) is 3.39. The first-order chi connectivity index (χ1) is 16.7. The van der Waals surface area contributed by atoms with Crippen LogP contribution in [0.15, 0.2) is 42.5 Å². The fourth-order valence-corrected chi connectivity index (χ4v) is 4.52. The highest BCUT2D eigenvalue weighted by molar-refractivity contribution is 6.04. The Balaban J connectivity index is 1.44. The number of hydrazine groups is 1. The maximum atomic E-state index is 14.1. The lowest BCUT2D eigenvalue weighted by Crippen LogP contribution is -2.62. The maximum Gasteiger partial charge on any atom is 0.262 e. The summed E-state index contributed by atoms with van der Waals surface area (Å²) in [5.41, 5.74) is 6.30. The van der Waals surface area contributed by atoms with Crippen LogP contribution in [-0.4, -0.2) is 34.3 Å². The van der Waals surface area contributed by atoms with E-state index in [-0.39, 0.29) is 17.6 Å². The minimum atomic E-state index is -0.974. The molecule has 2 aliphatic rings. The quantitative estimate of drug-likeness (QED) is 0.457. The summed E-state index contributed by atoms with van der Waals surface area (Å²) in [6.07, 6.45) is -1.21. The number of amides is 2. The van der Waals surface area contributed by atoms with Gasteiger partial charge in [0.05, 0.1) is 17.3 Å². The van der Waals surface area contributed by atoms with E-state index in [1.165, 1.54) is 10.7 Å². The smallest absolute Gasteiger partial charge is 0.262 e. The van der Waals surface area contributed by atoms with Crippen LogP contribution in [0.5, 0.6) is 0 Å². The van der Waals surface area contributed by atoms with Crippen LogP contribution in [-0.2, 0) is 4.79 Å². The van der Waals surface area contributed by atoms with Crippen LogP contribution in [0.2, 0.25) is 0 Å². The van der Waals surface area contributed by atoms with Gasteiger partial charge < -0.3 is 10.6 Å². The van der Waals surface area contributed by atoms with E-state index in [0.717, 1.165) is 28.9 Å². The van der Waals surface area contributed by atoms with E-state index in [0.29, 0.717) is 12.2 Å². The van der Waals surface area contributed by atoms with Gasteiger partial charge >= 0.3 is 0 Å². The topological polar surface area (TPSA) is 103 Å². The molecule has 0 aliphatic carbocycles. The molecule has 11 heteroatoms. The van der Waals surface area contributed by atoms with Crippen molar-refractivity contribution in [1.82, 2.24) is 25.8 Å². The Morgan fingerprint density at radius 2 is 1.83 bits per heavy atom. The predicted molar refractivity (Wildman–Crippen MR) is 125 cm³/mol. The molecule has 0 radical (unpaired) electrons. The summed E-state index contributed by atoms with van der Waals surface area (Å²) < 4.78 is 29.6. The highest BCUT2D eigenvalue weighted by Gasteiger charge is 2.45. The molecular formula is C24H25F2N7O2. The second kappa shape index (κ2) is 8.75. The van der Waals surface area contributed by atoms with E-state index in [4.69, 9.17) is 0 Å². The lowest BCUT2D eigenvalue weighted by molar-refractivity contribution is -0.129. The number of nitrogens with zero attached hydrogens (tertiary/aromatic N) is 3.